The van der Waals surface area contributed by atoms with Gasteiger partial charge in [0.15, 0.2) is 0 Å². The maximum absolute atomic E-state index is 10.9. The van der Waals surface area contributed by atoms with Crippen molar-refractivity contribution in [2.45, 2.75) is 52.4 Å². The van der Waals surface area contributed by atoms with Crippen molar-refractivity contribution in [1.82, 2.24) is 0 Å². The molecule has 3 nitrogen and oxygen atoms in total. The molecular weight excluding hydrogens is 240 g/mol. The molecule has 2 N–H and O–H groups in total. The minimum atomic E-state index is -0.740. The lowest BCUT2D eigenvalue weighted by atomic mass is 9.78. The average molecular weight is 264 g/mol. The first-order valence-corrected chi connectivity index (χ1v) is 6.83. The monoisotopic (exact) mass is 264 g/mol. The molecular formula is C16H24O3. The fourth-order valence-electron chi connectivity index (χ4n) is 2.13. The minimum absolute atomic E-state index is 0.0820. The number of rotatable bonds is 6. The van der Waals surface area contributed by atoms with E-state index in [1.54, 1.807) is 13.0 Å². The van der Waals surface area contributed by atoms with Gasteiger partial charge in [-0.1, -0.05) is 39.8 Å². The van der Waals surface area contributed by atoms with E-state index >= 15 is 0 Å². The largest absolute Gasteiger partial charge is 0.508 e. The van der Waals surface area contributed by atoms with Crippen molar-refractivity contribution < 1.29 is 15.0 Å². The van der Waals surface area contributed by atoms with Crippen molar-refractivity contribution >= 4 is 5.97 Å². The van der Waals surface area contributed by atoms with Crippen LogP contribution >= 0.6 is 0 Å². The standard InChI is InChI=1S/C16H24O3/c1-5-12-10-13(6-7-14(12)17)16(3,4)9-8-11(2)15(18)19/h6-7,10-11,17H,5,8-9H2,1-4H3,(H,18,19). The number of hydrogen-bond acceptors (Lipinski definition) is 2. The second-order valence-electron chi connectivity index (χ2n) is 5.86. The molecule has 0 aliphatic carbocycles. The zero-order valence-electron chi connectivity index (χ0n) is 12.2. The summed E-state index contributed by atoms with van der Waals surface area (Å²) in [7, 11) is 0. The van der Waals surface area contributed by atoms with Gasteiger partial charge in [0.2, 0.25) is 0 Å². The van der Waals surface area contributed by atoms with E-state index in [1.807, 2.05) is 19.1 Å². The number of hydrogen-bond donors (Lipinski definition) is 2. The Kier molecular flexibility index (Phi) is 4.98. The molecule has 3 heteroatoms. The summed E-state index contributed by atoms with van der Waals surface area (Å²) >= 11 is 0. The van der Waals surface area contributed by atoms with E-state index in [-0.39, 0.29) is 11.3 Å². The van der Waals surface area contributed by atoms with Gasteiger partial charge in [0.1, 0.15) is 5.75 Å². The molecule has 0 radical (unpaired) electrons. The van der Waals surface area contributed by atoms with Crippen molar-refractivity contribution in [2.24, 2.45) is 5.92 Å². The summed E-state index contributed by atoms with van der Waals surface area (Å²) < 4.78 is 0. The van der Waals surface area contributed by atoms with Crippen LogP contribution in [0.1, 0.15) is 51.7 Å². The highest BCUT2D eigenvalue weighted by Gasteiger charge is 2.23. The first-order valence-electron chi connectivity index (χ1n) is 6.83. The Morgan fingerprint density at radius 1 is 1.37 bits per heavy atom. The van der Waals surface area contributed by atoms with E-state index in [9.17, 15) is 9.90 Å². The molecule has 106 valence electrons. The van der Waals surface area contributed by atoms with Crippen LogP contribution in [0.3, 0.4) is 0 Å². The lowest BCUT2D eigenvalue weighted by molar-refractivity contribution is -0.141. The third kappa shape index (κ3) is 3.98. The van der Waals surface area contributed by atoms with Crippen LogP contribution in [0.25, 0.3) is 0 Å². The lowest BCUT2D eigenvalue weighted by Crippen LogP contribution is -2.20. The molecule has 0 aliphatic rings. The predicted molar refractivity (Wildman–Crippen MR) is 76.5 cm³/mol. The Labute approximate surface area is 115 Å². The summed E-state index contributed by atoms with van der Waals surface area (Å²) in [6.45, 7) is 7.99. The number of carbonyl (C=O) groups is 1. The van der Waals surface area contributed by atoms with E-state index < -0.39 is 5.97 Å². The number of benzene rings is 1. The summed E-state index contributed by atoms with van der Waals surface area (Å²) in [6.07, 6.45) is 2.26. The van der Waals surface area contributed by atoms with Gasteiger partial charge in [0.05, 0.1) is 5.92 Å². The molecule has 0 heterocycles. The zero-order valence-corrected chi connectivity index (χ0v) is 12.2. The first-order chi connectivity index (χ1) is 8.77. The Morgan fingerprint density at radius 2 is 2.00 bits per heavy atom. The quantitative estimate of drug-likeness (QED) is 0.823. The summed E-state index contributed by atoms with van der Waals surface area (Å²) in [4.78, 5) is 10.9. The summed E-state index contributed by atoms with van der Waals surface area (Å²) in [5, 5.41) is 18.6. The maximum Gasteiger partial charge on any atom is 0.306 e. The van der Waals surface area contributed by atoms with E-state index in [2.05, 4.69) is 13.8 Å². The molecule has 1 aromatic rings. The predicted octanol–water partition coefficient (Wildman–Crippen LogP) is 3.73. The van der Waals surface area contributed by atoms with Crippen molar-refractivity contribution in [2.75, 3.05) is 0 Å². The van der Waals surface area contributed by atoms with Gasteiger partial charge in [0, 0.05) is 0 Å². The number of aryl methyl sites for hydroxylation is 1. The third-order valence-corrected chi connectivity index (χ3v) is 3.87. The fourth-order valence-corrected chi connectivity index (χ4v) is 2.13. The number of aromatic hydroxyl groups is 1. The van der Waals surface area contributed by atoms with Gasteiger partial charge >= 0.3 is 5.97 Å². The Hall–Kier alpha value is -1.51. The first kappa shape index (κ1) is 15.5. The van der Waals surface area contributed by atoms with Crippen LogP contribution in [-0.2, 0) is 16.6 Å². The van der Waals surface area contributed by atoms with Gasteiger partial charge in [-0.25, -0.2) is 0 Å². The molecule has 1 atom stereocenters. The highest BCUT2D eigenvalue weighted by molar-refractivity contribution is 5.69. The molecule has 0 spiro atoms. The van der Waals surface area contributed by atoms with Crippen LogP contribution in [0.15, 0.2) is 18.2 Å². The molecule has 19 heavy (non-hydrogen) atoms. The van der Waals surface area contributed by atoms with E-state index in [1.165, 1.54) is 0 Å². The van der Waals surface area contributed by atoms with Gasteiger partial charge < -0.3 is 10.2 Å². The molecule has 1 aromatic carbocycles. The highest BCUT2D eigenvalue weighted by atomic mass is 16.4. The molecule has 0 saturated carbocycles. The smallest absolute Gasteiger partial charge is 0.306 e. The summed E-state index contributed by atoms with van der Waals surface area (Å²) in [5.74, 6) is -0.723. The topological polar surface area (TPSA) is 57.5 Å². The molecule has 0 aromatic heterocycles. The van der Waals surface area contributed by atoms with Crippen LogP contribution < -0.4 is 0 Å². The van der Waals surface area contributed by atoms with Crippen molar-refractivity contribution in [1.29, 1.82) is 0 Å². The van der Waals surface area contributed by atoms with E-state index in [0.717, 1.165) is 24.0 Å². The lowest BCUT2D eigenvalue weighted by Gasteiger charge is -2.27. The molecule has 0 bridgehead atoms. The van der Waals surface area contributed by atoms with Crippen LogP contribution in [0.5, 0.6) is 5.75 Å². The van der Waals surface area contributed by atoms with Gasteiger partial charge in [-0.05, 0) is 41.9 Å². The van der Waals surface area contributed by atoms with Gasteiger partial charge in [0.25, 0.3) is 0 Å². The van der Waals surface area contributed by atoms with Crippen molar-refractivity contribution in [3.05, 3.63) is 29.3 Å². The van der Waals surface area contributed by atoms with Crippen molar-refractivity contribution in [3.8, 4) is 5.75 Å². The van der Waals surface area contributed by atoms with Crippen LogP contribution in [0.2, 0.25) is 0 Å². The van der Waals surface area contributed by atoms with Crippen LogP contribution in [0, 0.1) is 5.92 Å². The summed E-state index contributed by atoms with van der Waals surface area (Å²) in [5.41, 5.74) is 2.01. The van der Waals surface area contributed by atoms with E-state index in [4.69, 9.17) is 5.11 Å². The van der Waals surface area contributed by atoms with Gasteiger partial charge in [-0.2, -0.15) is 0 Å². The molecule has 0 amide bonds. The number of carboxylic acids is 1. The van der Waals surface area contributed by atoms with E-state index in [0.29, 0.717) is 12.2 Å². The number of carboxylic acid groups (broad SMARTS) is 1. The Balaban J connectivity index is 2.84. The number of aliphatic carboxylic acids is 1. The SMILES string of the molecule is CCc1cc(C(C)(C)CCC(C)C(=O)O)ccc1O. The molecule has 1 rings (SSSR count). The minimum Gasteiger partial charge on any atom is -0.508 e. The Bertz CT molecular complexity index is 449. The molecule has 0 aliphatic heterocycles. The molecule has 1 unspecified atom stereocenters. The molecule has 0 saturated heterocycles. The zero-order chi connectivity index (χ0) is 14.6. The second-order valence-corrected chi connectivity index (χ2v) is 5.86. The number of phenols is 1. The highest BCUT2D eigenvalue weighted by Crippen LogP contribution is 2.32. The fraction of sp³-hybridized carbons (Fsp3) is 0.562. The van der Waals surface area contributed by atoms with Gasteiger partial charge in [-0.15, -0.1) is 0 Å². The average Bonchev–Trinajstić information content (AvgIpc) is 2.36. The normalized spacial score (nSPS) is 13.3. The molecule has 0 fully saturated rings. The third-order valence-electron chi connectivity index (χ3n) is 3.87. The van der Waals surface area contributed by atoms with Gasteiger partial charge in [-0.3, -0.25) is 4.79 Å². The second kappa shape index (κ2) is 6.09. The van der Waals surface area contributed by atoms with Crippen LogP contribution in [-0.4, -0.2) is 16.2 Å². The summed E-state index contributed by atoms with van der Waals surface area (Å²) in [6, 6.07) is 5.69. The maximum atomic E-state index is 10.9. The van der Waals surface area contributed by atoms with Crippen LogP contribution in [0.4, 0.5) is 0 Å². The number of phenolic OH excluding ortho intramolecular Hbond substituents is 1. The Morgan fingerprint density at radius 3 is 2.53 bits per heavy atom. The van der Waals surface area contributed by atoms with Crippen molar-refractivity contribution in [3.63, 3.8) is 0 Å².